The molecule has 0 saturated carbocycles. The maximum atomic E-state index is 12.9. The van der Waals surface area contributed by atoms with Gasteiger partial charge in [-0.2, -0.15) is 5.10 Å². The van der Waals surface area contributed by atoms with Gasteiger partial charge in [0, 0.05) is 45.0 Å². The second-order valence-corrected chi connectivity index (χ2v) is 7.35. The van der Waals surface area contributed by atoms with Gasteiger partial charge in [-0.1, -0.05) is 18.2 Å². The molecule has 2 amide bonds. The van der Waals surface area contributed by atoms with Gasteiger partial charge < -0.3 is 19.9 Å². The van der Waals surface area contributed by atoms with E-state index >= 15 is 0 Å². The summed E-state index contributed by atoms with van der Waals surface area (Å²) in [5.41, 5.74) is 1.83. The largest absolute Gasteiger partial charge is 0.481 e. The fourth-order valence-corrected chi connectivity index (χ4v) is 3.54. The number of para-hydroxylation sites is 1. The summed E-state index contributed by atoms with van der Waals surface area (Å²) >= 11 is 0. The van der Waals surface area contributed by atoms with Crippen LogP contribution in [-0.4, -0.2) is 70.7 Å². The number of piperazine rings is 1. The lowest BCUT2D eigenvalue weighted by Crippen LogP contribution is -2.54. The first kappa shape index (κ1) is 23.7. The summed E-state index contributed by atoms with van der Waals surface area (Å²) in [6.45, 7) is 5.72. The summed E-state index contributed by atoms with van der Waals surface area (Å²) in [6.07, 6.45) is 2.96. The van der Waals surface area contributed by atoms with E-state index in [9.17, 15) is 9.59 Å². The Balaban J connectivity index is 0.00000320. The summed E-state index contributed by atoms with van der Waals surface area (Å²) in [5, 5.41) is 7.22. The number of likely N-dealkylation sites (N-methyl/N-ethyl adjacent to an activating group) is 1. The number of halogens is 1. The molecule has 0 spiro atoms. The molecule has 30 heavy (non-hydrogen) atoms. The van der Waals surface area contributed by atoms with Crippen molar-refractivity contribution in [3.63, 3.8) is 0 Å². The Labute approximate surface area is 183 Å². The van der Waals surface area contributed by atoms with Crippen molar-refractivity contribution in [2.24, 2.45) is 7.05 Å². The zero-order valence-corrected chi connectivity index (χ0v) is 18.7. The predicted molar refractivity (Wildman–Crippen MR) is 117 cm³/mol. The van der Waals surface area contributed by atoms with E-state index in [4.69, 9.17) is 4.74 Å². The molecular formula is C21H30ClN5O3. The summed E-state index contributed by atoms with van der Waals surface area (Å²) in [6, 6.07) is 7.22. The third-order valence-corrected chi connectivity index (χ3v) is 5.24. The first-order chi connectivity index (χ1) is 13.9. The molecule has 1 saturated heterocycles. The molecule has 3 rings (SSSR count). The lowest BCUT2D eigenvalue weighted by atomic mass is 10.1. The van der Waals surface area contributed by atoms with Crippen molar-refractivity contribution in [2.45, 2.75) is 26.0 Å². The number of hydrogen-bond acceptors (Lipinski definition) is 5. The van der Waals surface area contributed by atoms with Crippen molar-refractivity contribution in [2.75, 3.05) is 33.2 Å². The molecular weight excluding hydrogens is 406 g/mol. The number of nitrogens with zero attached hydrogens (tertiary/aromatic N) is 4. The van der Waals surface area contributed by atoms with Crippen molar-refractivity contribution in [1.82, 2.24) is 24.9 Å². The Bertz CT molecular complexity index is 864. The van der Waals surface area contributed by atoms with Crippen molar-refractivity contribution in [1.29, 1.82) is 0 Å². The average Bonchev–Trinajstić information content (AvgIpc) is 3.15. The normalized spacial score (nSPS) is 15.9. The predicted octanol–water partition coefficient (Wildman–Crippen LogP) is 1.55. The van der Waals surface area contributed by atoms with Crippen LogP contribution in [0.1, 0.15) is 24.1 Å². The molecule has 2 atom stereocenters. The van der Waals surface area contributed by atoms with E-state index < -0.39 is 12.1 Å². The second-order valence-electron chi connectivity index (χ2n) is 7.35. The van der Waals surface area contributed by atoms with Crippen LogP contribution in [0.5, 0.6) is 5.75 Å². The highest BCUT2D eigenvalue weighted by atomic mass is 35.5. The van der Waals surface area contributed by atoms with Crippen LogP contribution in [0.25, 0.3) is 0 Å². The first-order valence-electron chi connectivity index (χ1n) is 9.86. The van der Waals surface area contributed by atoms with Gasteiger partial charge in [0.1, 0.15) is 11.8 Å². The zero-order valence-electron chi connectivity index (χ0n) is 17.9. The minimum absolute atomic E-state index is 0. The quantitative estimate of drug-likeness (QED) is 0.744. The molecule has 0 bridgehead atoms. The van der Waals surface area contributed by atoms with Gasteiger partial charge in [-0.3, -0.25) is 14.3 Å². The maximum absolute atomic E-state index is 12.9. The maximum Gasteiger partial charge on any atom is 0.263 e. The molecule has 2 unspecified atom stereocenters. The van der Waals surface area contributed by atoms with Gasteiger partial charge >= 0.3 is 0 Å². The molecule has 1 fully saturated rings. The third kappa shape index (κ3) is 5.31. The highest BCUT2D eigenvalue weighted by molar-refractivity contribution is 5.85. The van der Waals surface area contributed by atoms with Gasteiger partial charge in [0.2, 0.25) is 5.91 Å². The molecule has 164 valence electrons. The molecule has 0 aliphatic carbocycles. The highest BCUT2D eigenvalue weighted by Crippen LogP contribution is 2.20. The van der Waals surface area contributed by atoms with Crippen molar-refractivity contribution < 1.29 is 14.3 Å². The smallest absolute Gasteiger partial charge is 0.263 e. The molecule has 9 heteroatoms. The van der Waals surface area contributed by atoms with Crippen LogP contribution >= 0.6 is 12.4 Å². The van der Waals surface area contributed by atoms with E-state index in [-0.39, 0.29) is 24.2 Å². The van der Waals surface area contributed by atoms with Crippen molar-refractivity contribution in [3.8, 4) is 5.75 Å². The van der Waals surface area contributed by atoms with E-state index in [2.05, 4.69) is 10.4 Å². The second kappa shape index (κ2) is 10.4. The lowest BCUT2D eigenvalue weighted by molar-refractivity contribution is -0.144. The minimum atomic E-state index is -0.571. The zero-order chi connectivity index (χ0) is 21.0. The van der Waals surface area contributed by atoms with Crippen LogP contribution in [-0.2, 0) is 16.6 Å². The van der Waals surface area contributed by atoms with E-state index in [0.717, 1.165) is 16.9 Å². The summed E-state index contributed by atoms with van der Waals surface area (Å²) in [7, 11) is 3.59. The number of hydrogen-bond donors (Lipinski definition) is 1. The Kier molecular flexibility index (Phi) is 8.25. The number of ether oxygens (including phenoxy) is 1. The van der Waals surface area contributed by atoms with Gasteiger partial charge in [-0.05, 0) is 32.5 Å². The number of aryl methyl sites for hydroxylation is 2. The monoisotopic (exact) mass is 435 g/mol. The van der Waals surface area contributed by atoms with Gasteiger partial charge in [0.15, 0.2) is 6.10 Å². The standard InChI is InChI=1S/C21H29N5O3.ClH/c1-15-7-5-6-8-18(15)29-16(2)20(27)25-9-11-26(12-10-25)21(28)19(22-3)17-13-23-24(4)14-17;/h5-8,13-14,16,19,22H,9-12H2,1-4H3;1H. The summed E-state index contributed by atoms with van der Waals surface area (Å²) in [4.78, 5) is 29.3. The lowest BCUT2D eigenvalue weighted by Gasteiger charge is -2.37. The Morgan fingerprint density at radius 2 is 1.70 bits per heavy atom. The van der Waals surface area contributed by atoms with Gasteiger partial charge in [-0.15, -0.1) is 12.4 Å². The molecule has 2 heterocycles. The molecule has 1 aliphatic heterocycles. The van der Waals surface area contributed by atoms with Crippen LogP contribution in [0.15, 0.2) is 36.7 Å². The van der Waals surface area contributed by atoms with Crippen LogP contribution in [0.2, 0.25) is 0 Å². The number of benzene rings is 1. The number of nitrogens with one attached hydrogen (secondary N) is 1. The van der Waals surface area contributed by atoms with Crippen LogP contribution < -0.4 is 10.1 Å². The van der Waals surface area contributed by atoms with E-state index in [1.165, 1.54) is 0 Å². The molecule has 0 radical (unpaired) electrons. The summed E-state index contributed by atoms with van der Waals surface area (Å²) < 4.78 is 7.54. The SMILES string of the molecule is CNC(C(=O)N1CCN(C(=O)C(C)Oc2ccccc2C)CC1)c1cnn(C)c1.Cl. The summed E-state index contributed by atoms with van der Waals surface area (Å²) in [5.74, 6) is 0.657. The van der Waals surface area contributed by atoms with E-state index in [1.807, 2.05) is 44.4 Å². The molecule has 2 aromatic rings. The van der Waals surface area contributed by atoms with E-state index in [0.29, 0.717) is 26.2 Å². The van der Waals surface area contributed by atoms with Gasteiger partial charge in [0.25, 0.3) is 5.91 Å². The minimum Gasteiger partial charge on any atom is -0.481 e. The van der Waals surface area contributed by atoms with Crippen LogP contribution in [0.3, 0.4) is 0 Å². The Morgan fingerprint density at radius 1 is 1.10 bits per heavy atom. The Hall–Kier alpha value is -2.58. The van der Waals surface area contributed by atoms with Crippen LogP contribution in [0, 0.1) is 6.92 Å². The number of carbonyl (C=O) groups is 2. The molecule has 1 aromatic carbocycles. The van der Waals surface area contributed by atoms with Crippen LogP contribution in [0.4, 0.5) is 0 Å². The average molecular weight is 436 g/mol. The number of rotatable bonds is 6. The number of amides is 2. The highest BCUT2D eigenvalue weighted by Gasteiger charge is 2.31. The molecule has 1 N–H and O–H groups in total. The third-order valence-electron chi connectivity index (χ3n) is 5.24. The van der Waals surface area contributed by atoms with Crippen molar-refractivity contribution >= 4 is 24.2 Å². The number of carbonyl (C=O) groups excluding carboxylic acids is 2. The van der Waals surface area contributed by atoms with E-state index in [1.54, 1.807) is 34.6 Å². The molecule has 1 aliphatic rings. The fourth-order valence-electron chi connectivity index (χ4n) is 3.54. The Morgan fingerprint density at radius 3 is 2.23 bits per heavy atom. The number of aromatic nitrogens is 2. The van der Waals surface area contributed by atoms with Gasteiger partial charge in [0.05, 0.1) is 6.20 Å². The van der Waals surface area contributed by atoms with Gasteiger partial charge in [-0.25, -0.2) is 0 Å². The fraction of sp³-hybridized carbons (Fsp3) is 0.476. The topological polar surface area (TPSA) is 79.7 Å². The molecule has 8 nitrogen and oxygen atoms in total. The van der Waals surface area contributed by atoms with Crippen molar-refractivity contribution in [3.05, 3.63) is 47.8 Å². The molecule has 1 aromatic heterocycles. The first-order valence-corrected chi connectivity index (χ1v) is 9.86.